The Hall–Kier alpha value is -3.11. The van der Waals surface area contributed by atoms with Crippen LogP contribution in [0.5, 0.6) is 11.5 Å². The van der Waals surface area contributed by atoms with E-state index in [9.17, 15) is 13.2 Å². The minimum atomic E-state index is -3.76. The Labute approximate surface area is 195 Å². The highest BCUT2D eigenvalue weighted by Crippen LogP contribution is 2.27. The number of para-hydroxylation sites is 1. The topological polar surface area (TPSA) is 101 Å². The van der Waals surface area contributed by atoms with Crippen LogP contribution in [0.3, 0.4) is 0 Å². The van der Waals surface area contributed by atoms with Gasteiger partial charge >= 0.3 is 0 Å². The first-order valence-electron chi connectivity index (χ1n) is 9.56. The zero-order chi connectivity index (χ0) is 23.3. The number of nitrogens with zero attached hydrogens (tertiary/aromatic N) is 2. The number of hydrogen-bond acceptors (Lipinski definition) is 6. The summed E-state index contributed by atoms with van der Waals surface area (Å²) in [7, 11) is -3.76. The average molecular weight is 520 g/mol. The first-order valence-corrected chi connectivity index (χ1v) is 12.2. The highest BCUT2D eigenvalue weighted by molar-refractivity contribution is 9.10. The van der Waals surface area contributed by atoms with Crippen molar-refractivity contribution in [2.45, 2.75) is 19.9 Å². The number of hydrazone groups is 1. The van der Waals surface area contributed by atoms with Crippen molar-refractivity contribution in [1.82, 2.24) is 5.43 Å². The van der Waals surface area contributed by atoms with Crippen molar-refractivity contribution in [2.24, 2.45) is 5.10 Å². The molecule has 3 aromatic rings. The van der Waals surface area contributed by atoms with Gasteiger partial charge in [0.1, 0.15) is 29.1 Å². The number of halogens is 1. The van der Waals surface area contributed by atoms with Gasteiger partial charge < -0.3 is 9.15 Å². The van der Waals surface area contributed by atoms with Gasteiger partial charge in [-0.15, -0.1) is 0 Å². The predicted octanol–water partition coefficient (Wildman–Crippen LogP) is 4.45. The Bertz CT molecular complexity index is 1190. The summed E-state index contributed by atoms with van der Waals surface area (Å²) < 4.78 is 37.8. The summed E-state index contributed by atoms with van der Waals surface area (Å²) in [5.74, 6) is 1.71. The number of aryl methyl sites for hydroxylation is 1. The summed E-state index contributed by atoms with van der Waals surface area (Å²) in [5, 5.41) is 3.86. The van der Waals surface area contributed by atoms with E-state index in [2.05, 4.69) is 26.5 Å². The van der Waals surface area contributed by atoms with Crippen LogP contribution in [0.4, 0.5) is 5.69 Å². The van der Waals surface area contributed by atoms with Gasteiger partial charge in [0, 0.05) is 6.07 Å². The van der Waals surface area contributed by atoms with Gasteiger partial charge in [-0.05, 0) is 66.2 Å². The fraction of sp³-hybridized carbons (Fsp3) is 0.182. The standard InChI is InChI=1S/C22H22BrN3O5S/c1-15(22(27)25-24-14-20-13-21(23)16(2)30-20)26(32(3,28)29)17-9-11-19(12-10-17)31-18-7-5-4-6-8-18/h4-15H,1-3H3,(H,25,27)/b24-14-/t15-/m1/s1. The molecule has 1 heterocycles. The van der Waals surface area contributed by atoms with Crippen LogP contribution in [-0.4, -0.2) is 32.8 Å². The van der Waals surface area contributed by atoms with Crippen molar-refractivity contribution in [2.75, 3.05) is 10.6 Å². The Morgan fingerprint density at radius 3 is 2.34 bits per heavy atom. The molecule has 1 N–H and O–H groups in total. The molecular weight excluding hydrogens is 498 g/mol. The number of sulfonamides is 1. The molecule has 2 aromatic carbocycles. The predicted molar refractivity (Wildman–Crippen MR) is 127 cm³/mol. The van der Waals surface area contributed by atoms with Gasteiger partial charge in [-0.3, -0.25) is 9.10 Å². The molecule has 1 aromatic heterocycles. The molecule has 8 nitrogen and oxygen atoms in total. The lowest BCUT2D eigenvalue weighted by Gasteiger charge is -2.27. The van der Waals surface area contributed by atoms with Crippen LogP contribution in [0.25, 0.3) is 0 Å². The summed E-state index contributed by atoms with van der Waals surface area (Å²) in [6.45, 7) is 3.26. The van der Waals surface area contributed by atoms with Crippen LogP contribution in [0.1, 0.15) is 18.4 Å². The second-order valence-electron chi connectivity index (χ2n) is 6.93. The monoisotopic (exact) mass is 519 g/mol. The van der Waals surface area contributed by atoms with Crippen molar-refractivity contribution in [3.63, 3.8) is 0 Å². The van der Waals surface area contributed by atoms with E-state index in [1.807, 2.05) is 30.3 Å². The lowest BCUT2D eigenvalue weighted by Crippen LogP contribution is -2.46. The SMILES string of the molecule is Cc1oc(/C=N\NC(=O)[C@@H](C)N(c2ccc(Oc3ccccc3)cc2)S(C)(=O)=O)cc1Br. The molecule has 0 bridgehead atoms. The molecule has 0 saturated carbocycles. The summed E-state index contributed by atoms with van der Waals surface area (Å²) in [5.41, 5.74) is 2.67. The van der Waals surface area contributed by atoms with E-state index in [4.69, 9.17) is 9.15 Å². The normalized spacial score (nSPS) is 12.5. The zero-order valence-corrected chi connectivity index (χ0v) is 20.1. The quantitative estimate of drug-likeness (QED) is 0.350. The van der Waals surface area contributed by atoms with Crippen LogP contribution >= 0.6 is 15.9 Å². The molecule has 10 heteroatoms. The maximum absolute atomic E-state index is 12.6. The third kappa shape index (κ3) is 5.98. The summed E-state index contributed by atoms with van der Waals surface area (Å²) >= 11 is 3.33. The van der Waals surface area contributed by atoms with Crippen LogP contribution in [0.2, 0.25) is 0 Å². The molecule has 0 aliphatic carbocycles. The number of carbonyl (C=O) groups excluding carboxylic acids is 1. The minimum Gasteiger partial charge on any atom is -0.459 e. The number of anilines is 1. The third-order valence-electron chi connectivity index (χ3n) is 4.40. The van der Waals surface area contributed by atoms with E-state index in [1.54, 1.807) is 37.3 Å². The largest absolute Gasteiger partial charge is 0.459 e. The maximum atomic E-state index is 12.6. The number of ether oxygens (including phenoxy) is 1. The van der Waals surface area contributed by atoms with E-state index < -0.39 is 22.0 Å². The molecule has 3 rings (SSSR count). The molecule has 168 valence electrons. The number of nitrogens with one attached hydrogen (secondary N) is 1. The van der Waals surface area contributed by atoms with E-state index in [0.717, 1.165) is 15.0 Å². The molecule has 0 fully saturated rings. The average Bonchev–Trinajstić information content (AvgIpc) is 3.06. The number of hydrogen-bond donors (Lipinski definition) is 1. The smallest absolute Gasteiger partial charge is 0.263 e. The van der Waals surface area contributed by atoms with E-state index in [0.29, 0.717) is 28.7 Å². The van der Waals surface area contributed by atoms with E-state index >= 15 is 0 Å². The maximum Gasteiger partial charge on any atom is 0.263 e. The molecule has 0 aliphatic heterocycles. The highest BCUT2D eigenvalue weighted by Gasteiger charge is 2.29. The van der Waals surface area contributed by atoms with Crippen LogP contribution in [-0.2, 0) is 14.8 Å². The van der Waals surface area contributed by atoms with E-state index in [1.165, 1.54) is 13.1 Å². The lowest BCUT2D eigenvalue weighted by molar-refractivity contribution is -0.121. The third-order valence-corrected chi connectivity index (χ3v) is 6.43. The summed E-state index contributed by atoms with van der Waals surface area (Å²) in [6, 6.07) is 16.3. The van der Waals surface area contributed by atoms with Crippen molar-refractivity contribution >= 4 is 43.8 Å². The number of rotatable bonds is 8. The second-order valence-corrected chi connectivity index (χ2v) is 9.64. The number of furan rings is 1. The van der Waals surface area contributed by atoms with Gasteiger partial charge in [0.15, 0.2) is 0 Å². The Balaban J connectivity index is 1.73. The van der Waals surface area contributed by atoms with Crippen LogP contribution < -0.4 is 14.5 Å². The van der Waals surface area contributed by atoms with Crippen LogP contribution in [0.15, 0.2) is 74.7 Å². The molecule has 1 amide bonds. The van der Waals surface area contributed by atoms with E-state index in [-0.39, 0.29) is 0 Å². The first-order chi connectivity index (χ1) is 15.1. The second kappa shape index (κ2) is 10.0. The van der Waals surface area contributed by atoms with Crippen molar-refractivity contribution in [3.8, 4) is 11.5 Å². The molecule has 0 unspecified atom stereocenters. The number of benzene rings is 2. The van der Waals surface area contributed by atoms with Gasteiger partial charge in [-0.2, -0.15) is 5.10 Å². The number of amides is 1. The van der Waals surface area contributed by atoms with Gasteiger partial charge in [0.25, 0.3) is 5.91 Å². The fourth-order valence-electron chi connectivity index (χ4n) is 2.89. The molecule has 32 heavy (non-hydrogen) atoms. The van der Waals surface area contributed by atoms with Gasteiger partial charge in [0.2, 0.25) is 10.0 Å². The Kier molecular flexibility index (Phi) is 7.37. The number of carbonyl (C=O) groups is 1. The van der Waals surface area contributed by atoms with Crippen molar-refractivity contribution in [1.29, 1.82) is 0 Å². The molecule has 0 aliphatic rings. The molecule has 0 saturated heterocycles. The van der Waals surface area contributed by atoms with Crippen LogP contribution in [0, 0.1) is 6.92 Å². The summed E-state index contributed by atoms with van der Waals surface area (Å²) in [6.07, 6.45) is 2.38. The van der Waals surface area contributed by atoms with Gasteiger partial charge in [0.05, 0.1) is 22.6 Å². The molecular formula is C22H22BrN3O5S. The molecule has 0 radical (unpaired) electrons. The molecule has 0 spiro atoms. The highest BCUT2D eigenvalue weighted by atomic mass is 79.9. The van der Waals surface area contributed by atoms with Crippen molar-refractivity contribution < 1.29 is 22.4 Å². The molecule has 1 atom stereocenters. The summed E-state index contributed by atoms with van der Waals surface area (Å²) in [4.78, 5) is 12.6. The van der Waals surface area contributed by atoms with Gasteiger partial charge in [-0.1, -0.05) is 18.2 Å². The Morgan fingerprint density at radius 1 is 1.16 bits per heavy atom. The first kappa shape index (κ1) is 23.6. The minimum absolute atomic E-state index is 0.324. The van der Waals surface area contributed by atoms with Crippen molar-refractivity contribution in [3.05, 3.63) is 76.7 Å². The Morgan fingerprint density at radius 2 is 1.78 bits per heavy atom. The van der Waals surface area contributed by atoms with Gasteiger partial charge in [-0.25, -0.2) is 13.8 Å². The zero-order valence-electron chi connectivity index (χ0n) is 17.7. The lowest BCUT2D eigenvalue weighted by atomic mass is 10.2. The fourth-order valence-corrected chi connectivity index (χ4v) is 4.37.